The number of hydrogen-bond donors (Lipinski definition) is 0. The molecule has 2 bridgehead atoms. The van der Waals surface area contributed by atoms with Crippen molar-refractivity contribution in [2.24, 2.45) is 16.7 Å². The molecule has 1 saturated carbocycles. The molecule has 0 aromatic heterocycles. The Kier molecular flexibility index (Phi) is 0.870. The molecule has 3 saturated heterocycles. The second-order valence-corrected chi connectivity index (χ2v) is 4.98. The Bertz CT molecular complexity index is 390. The smallest absolute Gasteiger partial charge is 0.323 e. The molecule has 0 N–H and O–H groups in total. The monoisotopic (exact) mass is 194 g/mol. The highest BCUT2D eigenvalue weighted by Crippen LogP contribution is 2.83. The van der Waals surface area contributed by atoms with Gasteiger partial charge in [-0.05, 0) is 12.8 Å². The summed E-state index contributed by atoms with van der Waals surface area (Å²) in [6.45, 7) is 2.00. The molecule has 4 nitrogen and oxygen atoms in total. The number of carbonyl (C=O) groups is 2. The molecule has 1 spiro atoms. The molecule has 4 fully saturated rings. The largest absolute Gasteiger partial charge is 0.392 e. The highest BCUT2D eigenvalue weighted by molar-refractivity contribution is 6.07. The molecule has 0 radical (unpaired) electrons. The van der Waals surface area contributed by atoms with Gasteiger partial charge in [0.15, 0.2) is 0 Å². The van der Waals surface area contributed by atoms with Crippen LogP contribution in [0.15, 0.2) is 0 Å². The SMILES string of the molecule is CC12C3CCC(O3)C13C(=O)OC(=O)C23. The van der Waals surface area contributed by atoms with Crippen molar-refractivity contribution in [3.05, 3.63) is 0 Å². The maximum atomic E-state index is 11.7. The molecule has 1 aliphatic carbocycles. The van der Waals surface area contributed by atoms with Gasteiger partial charge >= 0.3 is 11.9 Å². The number of cyclic esters (lactones) is 2. The second-order valence-electron chi connectivity index (χ2n) is 4.98. The van der Waals surface area contributed by atoms with E-state index in [1.807, 2.05) is 6.92 Å². The average molecular weight is 194 g/mol. The topological polar surface area (TPSA) is 52.6 Å². The molecule has 74 valence electrons. The summed E-state index contributed by atoms with van der Waals surface area (Å²) >= 11 is 0. The van der Waals surface area contributed by atoms with Gasteiger partial charge in [-0.2, -0.15) is 0 Å². The van der Waals surface area contributed by atoms with Gasteiger partial charge in [-0.1, -0.05) is 6.92 Å². The number of ether oxygens (including phenoxy) is 2. The van der Waals surface area contributed by atoms with Crippen molar-refractivity contribution in [2.75, 3.05) is 0 Å². The van der Waals surface area contributed by atoms with E-state index in [4.69, 9.17) is 4.74 Å². The van der Waals surface area contributed by atoms with Crippen LogP contribution >= 0.6 is 0 Å². The van der Waals surface area contributed by atoms with Crippen molar-refractivity contribution < 1.29 is 19.1 Å². The van der Waals surface area contributed by atoms with Crippen LogP contribution in [0, 0.1) is 16.7 Å². The van der Waals surface area contributed by atoms with Gasteiger partial charge in [-0.3, -0.25) is 9.59 Å². The molecule has 14 heavy (non-hydrogen) atoms. The third-order valence-electron chi connectivity index (χ3n) is 4.83. The standard InChI is InChI=1S/C10H10O4/c1-9-4-2-3-5(13-4)10(9)6(9)7(11)14-8(10)12/h4-6H,2-3H2,1H3. The second kappa shape index (κ2) is 1.65. The number of fused-ring (bicyclic) bond motifs is 4. The van der Waals surface area contributed by atoms with E-state index in [1.165, 1.54) is 0 Å². The molecule has 5 atom stereocenters. The van der Waals surface area contributed by atoms with E-state index in [0.29, 0.717) is 0 Å². The number of hydrogen-bond acceptors (Lipinski definition) is 4. The molecular weight excluding hydrogens is 184 g/mol. The lowest BCUT2D eigenvalue weighted by Crippen LogP contribution is -2.33. The summed E-state index contributed by atoms with van der Waals surface area (Å²) in [6, 6.07) is 0. The first-order chi connectivity index (χ1) is 6.63. The van der Waals surface area contributed by atoms with E-state index in [0.717, 1.165) is 12.8 Å². The van der Waals surface area contributed by atoms with Crippen molar-refractivity contribution in [1.29, 1.82) is 0 Å². The van der Waals surface area contributed by atoms with Crippen LogP contribution < -0.4 is 0 Å². The van der Waals surface area contributed by atoms with Crippen LogP contribution in [0.2, 0.25) is 0 Å². The highest BCUT2D eigenvalue weighted by atomic mass is 16.6. The zero-order valence-corrected chi connectivity index (χ0v) is 7.78. The van der Waals surface area contributed by atoms with E-state index in [2.05, 4.69) is 4.74 Å². The lowest BCUT2D eigenvalue weighted by Gasteiger charge is -2.20. The molecule has 4 heteroatoms. The fourth-order valence-corrected chi connectivity index (χ4v) is 4.20. The van der Waals surface area contributed by atoms with Crippen LogP contribution in [0.1, 0.15) is 19.8 Å². The molecule has 4 rings (SSSR count). The van der Waals surface area contributed by atoms with E-state index in [1.54, 1.807) is 0 Å². The zero-order chi connectivity index (χ0) is 9.72. The maximum Gasteiger partial charge on any atom is 0.323 e. The van der Waals surface area contributed by atoms with Crippen LogP contribution in [0.25, 0.3) is 0 Å². The Balaban J connectivity index is 1.95. The third-order valence-corrected chi connectivity index (χ3v) is 4.83. The predicted octanol–water partition coefficient (Wildman–Crippen LogP) is 0.254. The lowest BCUT2D eigenvalue weighted by molar-refractivity contribution is -0.159. The van der Waals surface area contributed by atoms with Crippen LogP contribution in [0.5, 0.6) is 0 Å². The summed E-state index contributed by atoms with van der Waals surface area (Å²) < 4.78 is 10.4. The minimum absolute atomic E-state index is 0.0542. The van der Waals surface area contributed by atoms with Gasteiger partial charge in [0.1, 0.15) is 5.41 Å². The molecule has 0 aromatic rings. The Hall–Kier alpha value is -0.900. The Labute approximate surface area is 80.6 Å². The van der Waals surface area contributed by atoms with Gasteiger partial charge in [0.25, 0.3) is 0 Å². The van der Waals surface area contributed by atoms with Gasteiger partial charge in [0.05, 0.1) is 18.1 Å². The quantitative estimate of drug-likeness (QED) is 0.410. The van der Waals surface area contributed by atoms with Crippen LogP contribution in [0.3, 0.4) is 0 Å². The summed E-state index contributed by atoms with van der Waals surface area (Å²) in [6.07, 6.45) is 1.94. The summed E-state index contributed by atoms with van der Waals surface area (Å²) in [5.41, 5.74) is -0.810. The van der Waals surface area contributed by atoms with Gasteiger partial charge in [-0.25, -0.2) is 0 Å². The Morgan fingerprint density at radius 2 is 2.00 bits per heavy atom. The molecule has 3 heterocycles. The summed E-state index contributed by atoms with van der Waals surface area (Å²) in [7, 11) is 0. The normalized spacial score (nSPS) is 62.5. The summed E-state index contributed by atoms with van der Waals surface area (Å²) in [4.78, 5) is 23.2. The third kappa shape index (κ3) is 0.402. The Morgan fingerprint density at radius 1 is 1.29 bits per heavy atom. The zero-order valence-electron chi connectivity index (χ0n) is 7.78. The van der Waals surface area contributed by atoms with Crippen molar-refractivity contribution >= 4 is 11.9 Å². The van der Waals surface area contributed by atoms with Crippen molar-refractivity contribution in [3.63, 3.8) is 0 Å². The van der Waals surface area contributed by atoms with Crippen LogP contribution in [-0.2, 0) is 19.1 Å². The van der Waals surface area contributed by atoms with Crippen molar-refractivity contribution in [2.45, 2.75) is 32.0 Å². The highest BCUT2D eigenvalue weighted by Gasteiger charge is 2.95. The molecule has 3 aliphatic heterocycles. The first-order valence-electron chi connectivity index (χ1n) is 5.05. The first kappa shape index (κ1) is 7.40. The van der Waals surface area contributed by atoms with Gasteiger partial charge in [-0.15, -0.1) is 0 Å². The number of carbonyl (C=O) groups excluding carboxylic acids is 2. The molecular formula is C10H10O4. The van der Waals surface area contributed by atoms with Crippen molar-refractivity contribution in [1.82, 2.24) is 0 Å². The van der Waals surface area contributed by atoms with E-state index in [-0.39, 0.29) is 35.5 Å². The number of esters is 2. The van der Waals surface area contributed by atoms with Gasteiger partial charge in [0.2, 0.25) is 0 Å². The molecule has 0 amide bonds. The van der Waals surface area contributed by atoms with Crippen LogP contribution in [-0.4, -0.2) is 24.1 Å². The minimum atomic E-state index is -0.576. The minimum Gasteiger partial charge on any atom is -0.392 e. The van der Waals surface area contributed by atoms with Crippen LogP contribution in [0.4, 0.5) is 0 Å². The van der Waals surface area contributed by atoms with Crippen molar-refractivity contribution in [3.8, 4) is 0 Å². The first-order valence-corrected chi connectivity index (χ1v) is 5.05. The molecule has 0 aromatic carbocycles. The maximum absolute atomic E-state index is 11.7. The fourth-order valence-electron chi connectivity index (χ4n) is 4.20. The Morgan fingerprint density at radius 3 is 2.71 bits per heavy atom. The van der Waals surface area contributed by atoms with Gasteiger partial charge in [0, 0.05) is 5.41 Å². The number of rotatable bonds is 0. The van der Waals surface area contributed by atoms with E-state index < -0.39 is 5.41 Å². The average Bonchev–Trinajstić information content (AvgIpc) is 2.52. The lowest BCUT2D eigenvalue weighted by atomic mass is 9.80. The molecule has 4 aliphatic rings. The summed E-state index contributed by atoms with van der Waals surface area (Å²) in [5, 5.41) is 0. The predicted molar refractivity (Wildman–Crippen MR) is 43.0 cm³/mol. The fraction of sp³-hybridized carbons (Fsp3) is 0.800. The van der Waals surface area contributed by atoms with E-state index in [9.17, 15) is 9.59 Å². The summed E-state index contributed by atoms with van der Waals surface area (Å²) in [5.74, 6) is -0.853. The van der Waals surface area contributed by atoms with Gasteiger partial charge < -0.3 is 9.47 Å². The van der Waals surface area contributed by atoms with E-state index >= 15 is 0 Å². The molecule has 5 unspecified atom stereocenters.